The highest BCUT2D eigenvalue weighted by atomic mass is 32.1. The maximum Gasteiger partial charge on any atom is 0.433 e. The fourth-order valence-corrected chi connectivity index (χ4v) is 4.39. The van der Waals surface area contributed by atoms with Crippen LogP contribution in [-0.2, 0) is 17.8 Å². The quantitative estimate of drug-likeness (QED) is 0.357. The third-order valence-corrected chi connectivity index (χ3v) is 6.34. The fourth-order valence-electron chi connectivity index (χ4n) is 3.36. The molecule has 0 saturated heterocycles. The van der Waals surface area contributed by atoms with Crippen molar-refractivity contribution in [3.05, 3.63) is 75.4 Å². The zero-order valence-electron chi connectivity index (χ0n) is 17.6. The summed E-state index contributed by atoms with van der Waals surface area (Å²) in [5.41, 5.74) is -1.64. The Morgan fingerprint density at radius 2 is 2.09 bits per heavy atom. The van der Waals surface area contributed by atoms with Gasteiger partial charge in [0, 0.05) is 34.3 Å². The molecule has 2 heterocycles. The molecular weight excluding hydrogens is 456 g/mol. The second-order valence-electron chi connectivity index (χ2n) is 7.47. The Morgan fingerprint density at radius 3 is 2.73 bits per heavy atom. The highest BCUT2D eigenvalue weighted by Crippen LogP contribution is 2.30. The molecule has 1 aromatic carbocycles. The van der Waals surface area contributed by atoms with Crippen LogP contribution < -0.4 is 5.32 Å². The first kappa shape index (κ1) is 24.2. The van der Waals surface area contributed by atoms with Crippen LogP contribution in [0.2, 0.25) is 0 Å². The minimum Gasteiger partial charge on any atom is -0.384 e. The van der Waals surface area contributed by atoms with E-state index < -0.39 is 29.3 Å². The van der Waals surface area contributed by atoms with Crippen molar-refractivity contribution in [2.45, 2.75) is 32.1 Å². The van der Waals surface area contributed by atoms with Crippen LogP contribution >= 0.6 is 11.3 Å². The van der Waals surface area contributed by atoms with Crippen LogP contribution in [0.1, 0.15) is 27.8 Å². The number of nitrogens with zero attached hydrogens (tertiary/aromatic N) is 2. The number of alkyl halides is 3. The summed E-state index contributed by atoms with van der Waals surface area (Å²) in [6.45, 7) is 6.08. The van der Waals surface area contributed by atoms with E-state index >= 15 is 0 Å². The van der Waals surface area contributed by atoms with Crippen LogP contribution in [-0.4, -0.2) is 35.3 Å². The number of nitrogens with one attached hydrogen (secondary N) is 2. The van der Waals surface area contributed by atoms with Gasteiger partial charge in [0.15, 0.2) is 0 Å². The van der Waals surface area contributed by atoms with Crippen LogP contribution in [0.4, 0.5) is 17.6 Å². The minimum absolute atomic E-state index is 0.109. The van der Waals surface area contributed by atoms with Gasteiger partial charge in [-0.05, 0) is 31.0 Å². The summed E-state index contributed by atoms with van der Waals surface area (Å²) in [5.74, 6) is -1.28. The topological polar surface area (TPSA) is 80.0 Å². The molecule has 1 atom stereocenters. The van der Waals surface area contributed by atoms with E-state index in [9.17, 15) is 22.4 Å². The summed E-state index contributed by atoms with van der Waals surface area (Å²) < 4.78 is 53.8. The molecule has 1 aliphatic heterocycles. The predicted octanol–water partition coefficient (Wildman–Crippen LogP) is 4.80. The summed E-state index contributed by atoms with van der Waals surface area (Å²) >= 11 is 1.32. The molecule has 10 heteroatoms. The largest absolute Gasteiger partial charge is 0.433 e. The van der Waals surface area contributed by atoms with Gasteiger partial charge in [0.1, 0.15) is 22.5 Å². The molecule has 0 aliphatic carbocycles. The van der Waals surface area contributed by atoms with Crippen molar-refractivity contribution in [1.82, 2.24) is 10.2 Å². The molecule has 0 spiro atoms. The molecule has 172 valence electrons. The summed E-state index contributed by atoms with van der Waals surface area (Å²) in [7, 11) is 0. The van der Waals surface area contributed by atoms with Gasteiger partial charge in [-0.25, -0.2) is 4.39 Å². The molecule has 1 aromatic heterocycles. The van der Waals surface area contributed by atoms with Crippen LogP contribution in [0.5, 0.6) is 0 Å². The highest BCUT2D eigenvalue weighted by molar-refractivity contribution is 7.12. The number of amides is 1. The normalized spacial score (nSPS) is 14.8. The van der Waals surface area contributed by atoms with Crippen LogP contribution in [0, 0.1) is 22.6 Å². The first-order valence-corrected chi connectivity index (χ1v) is 10.7. The lowest BCUT2D eigenvalue weighted by Gasteiger charge is -2.29. The number of rotatable bonds is 6. The average Bonchev–Trinajstić information content (AvgIpc) is 3.20. The van der Waals surface area contributed by atoms with Crippen molar-refractivity contribution in [2.24, 2.45) is 0 Å². The smallest absolute Gasteiger partial charge is 0.384 e. The van der Waals surface area contributed by atoms with Crippen molar-refractivity contribution in [3.8, 4) is 6.07 Å². The Hall–Kier alpha value is -3.45. The second-order valence-corrected chi connectivity index (χ2v) is 8.61. The van der Waals surface area contributed by atoms with E-state index in [1.54, 1.807) is 11.8 Å². The van der Waals surface area contributed by atoms with Crippen molar-refractivity contribution in [3.63, 3.8) is 0 Å². The molecule has 1 amide bonds. The zero-order chi connectivity index (χ0) is 24.3. The lowest BCUT2D eigenvalue weighted by Crippen LogP contribution is -2.40. The van der Waals surface area contributed by atoms with E-state index in [2.05, 4.69) is 18.0 Å². The lowest BCUT2D eigenvalue weighted by molar-refractivity contribution is -0.128. The summed E-state index contributed by atoms with van der Waals surface area (Å²) in [6, 6.07) is 7.98. The first-order chi connectivity index (χ1) is 15.5. The number of hydrogen-bond donors (Lipinski definition) is 2. The van der Waals surface area contributed by atoms with Gasteiger partial charge >= 0.3 is 6.18 Å². The minimum atomic E-state index is -4.99. The average molecular weight is 476 g/mol. The van der Waals surface area contributed by atoms with Gasteiger partial charge in [0.25, 0.3) is 5.91 Å². The van der Waals surface area contributed by atoms with Gasteiger partial charge < -0.3 is 10.2 Å². The van der Waals surface area contributed by atoms with Crippen molar-refractivity contribution < 1.29 is 22.4 Å². The standard InChI is InChI=1S/C23H20F4N4OS/c1-13(22(32)31-8-7-15-9-16(10-28)33-20(15)12-31)14(2)30-11-18(21(29)23(25,26)27)17-5-3-4-6-19(17)24/h3-6,9,11,14,29-30H,1,7-8,12H2,2H3/b18-11-,29-21?. The lowest BCUT2D eigenvalue weighted by atomic mass is 10.0. The third kappa shape index (κ3) is 5.31. The molecule has 5 nitrogen and oxygen atoms in total. The van der Waals surface area contributed by atoms with E-state index in [1.165, 1.54) is 23.5 Å². The fraction of sp³-hybridized carbons (Fsp3) is 0.261. The number of halogens is 4. The Balaban J connectivity index is 1.76. The van der Waals surface area contributed by atoms with Gasteiger partial charge in [0.05, 0.1) is 12.6 Å². The summed E-state index contributed by atoms with van der Waals surface area (Å²) in [6.07, 6.45) is -3.50. The number of allylic oxidation sites excluding steroid dienone is 1. The first-order valence-electron chi connectivity index (χ1n) is 9.90. The SMILES string of the molecule is C=C(C(=O)N1CCc2cc(C#N)sc2C1)C(C)N/C=C(\C(=N)C(F)(F)F)c1ccccc1F. The van der Waals surface area contributed by atoms with Crippen molar-refractivity contribution >= 4 is 28.5 Å². The Labute approximate surface area is 192 Å². The maximum absolute atomic E-state index is 14.2. The number of thiophene rings is 1. The Morgan fingerprint density at radius 1 is 1.39 bits per heavy atom. The van der Waals surface area contributed by atoms with Gasteiger partial charge in [-0.1, -0.05) is 24.8 Å². The van der Waals surface area contributed by atoms with Gasteiger partial charge in [-0.15, -0.1) is 11.3 Å². The van der Waals surface area contributed by atoms with E-state index in [1.807, 2.05) is 6.07 Å². The zero-order valence-corrected chi connectivity index (χ0v) is 18.4. The summed E-state index contributed by atoms with van der Waals surface area (Å²) in [4.78, 5) is 16.0. The molecule has 0 radical (unpaired) electrons. The van der Waals surface area contributed by atoms with Gasteiger partial charge in [-0.3, -0.25) is 10.2 Å². The Kier molecular flexibility index (Phi) is 7.03. The Bertz CT molecular complexity index is 1180. The molecule has 1 aliphatic rings. The molecule has 0 saturated carbocycles. The second kappa shape index (κ2) is 9.58. The van der Waals surface area contributed by atoms with E-state index in [-0.39, 0.29) is 17.0 Å². The summed E-state index contributed by atoms with van der Waals surface area (Å²) in [5, 5.41) is 19.2. The molecule has 0 bridgehead atoms. The maximum atomic E-state index is 14.2. The molecule has 3 rings (SSSR count). The molecule has 1 unspecified atom stereocenters. The van der Waals surface area contributed by atoms with Crippen LogP contribution in [0.25, 0.3) is 5.57 Å². The monoisotopic (exact) mass is 476 g/mol. The molecule has 2 N–H and O–H groups in total. The number of nitriles is 1. The number of carbonyl (C=O) groups is 1. The molecule has 0 fully saturated rings. The van der Waals surface area contributed by atoms with E-state index in [0.29, 0.717) is 24.4 Å². The number of carbonyl (C=O) groups excluding carboxylic acids is 1. The van der Waals surface area contributed by atoms with Crippen LogP contribution in [0.15, 0.2) is 48.7 Å². The van der Waals surface area contributed by atoms with Gasteiger partial charge in [-0.2, -0.15) is 18.4 Å². The van der Waals surface area contributed by atoms with E-state index in [0.717, 1.165) is 28.8 Å². The number of benzene rings is 1. The molecule has 33 heavy (non-hydrogen) atoms. The van der Waals surface area contributed by atoms with Gasteiger partial charge in [0.2, 0.25) is 0 Å². The third-order valence-electron chi connectivity index (χ3n) is 5.27. The van der Waals surface area contributed by atoms with Crippen molar-refractivity contribution in [1.29, 1.82) is 10.7 Å². The highest BCUT2D eigenvalue weighted by Gasteiger charge is 2.38. The predicted molar refractivity (Wildman–Crippen MR) is 118 cm³/mol. The number of hydrogen-bond acceptors (Lipinski definition) is 5. The van der Waals surface area contributed by atoms with Crippen LogP contribution in [0.3, 0.4) is 0 Å². The van der Waals surface area contributed by atoms with Crippen molar-refractivity contribution in [2.75, 3.05) is 6.54 Å². The molecule has 2 aromatic rings. The molecular formula is C23H20F4N4OS. The van der Waals surface area contributed by atoms with E-state index in [4.69, 9.17) is 10.7 Å². The number of fused-ring (bicyclic) bond motifs is 1.